The summed E-state index contributed by atoms with van der Waals surface area (Å²) in [6, 6.07) is 0. The van der Waals surface area contributed by atoms with Gasteiger partial charge in [0.2, 0.25) is 0 Å². The van der Waals surface area contributed by atoms with Crippen LogP contribution in [0.25, 0.3) is 0 Å². The molecular formula is C7H11NO. The fraction of sp³-hybridized carbons (Fsp3) is 0.571. The summed E-state index contributed by atoms with van der Waals surface area (Å²) in [4.78, 5) is 3.84. The SMILES string of the molecule is CCC1=CCC(O)N=C1. The van der Waals surface area contributed by atoms with Crippen LogP contribution in [0, 0.1) is 0 Å². The molecule has 50 valence electrons. The minimum absolute atomic E-state index is 0.486. The molecule has 1 aliphatic heterocycles. The Balaban J connectivity index is 2.52. The number of aliphatic hydroxyl groups is 1. The van der Waals surface area contributed by atoms with E-state index in [4.69, 9.17) is 5.11 Å². The van der Waals surface area contributed by atoms with Gasteiger partial charge in [-0.1, -0.05) is 13.0 Å². The predicted molar refractivity (Wildman–Crippen MR) is 37.5 cm³/mol. The molecule has 0 saturated heterocycles. The van der Waals surface area contributed by atoms with Crippen molar-refractivity contribution in [3.05, 3.63) is 11.6 Å². The number of dihydropyridines is 1. The number of aliphatic hydroxyl groups excluding tert-OH is 1. The normalized spacial score (nSPS) is 26.0. The molecule has 1 unspecified atom stereocenters. The van der Waals surface area contributed by atoms with Crippen molar-refractivity contribution >= 4 is 6.21 Å². The Morgan fingerprint density at radius 3 is 3.11 bits per heavy atom. The van der Waals surface area contributed by atoms with Crippen molar-refractivity contribution < 1.29 is 5.11 Å². The van der Waals surface area contributed by atoms with Gasteiger partial charge in [0.25, 0.3) is 0 Å². The third-order valence-electron chi connectivity index (χ3n) is 1.41. The molecule has 0 amide bonds. The maximum Gasteiger partial charge on any atom is 0.148 e. The summed E-state index contributed by atoms with van der Waals surface area (Å²) >= 11 is 0. The van der Waals surface area contributed by atoms with Gasteiger partial charge in [-0.2, -0.15) is 0 Å². The molecule has 1 aliphatic rings. The van der Waals surface area contributed by atoms with Gasteiger partial charge in [-0.15, -0.1) is 0 Å². The van der Waals surface area contributed by atoms with Crippen LogP contribution in [0.15, 0.2) is 16.6 Å². The molecule has 2 nitrogen and oxygen atoms in total. The Morgan fingerprint density at radius 1 is 1.89 bits per heavy atom. The fourth-order valence-corrected chi connectivity index (χ4v) is 0.788. The molecule has 0 aliphatic carbocycles. The smallest absolute Gasteiger partial charge is 0.148 e. The molecule has 0 fully saturated rings. The Labute approximate surface area is 54.9 Å². The average molecular weight is 125 g/mol. The first-order valence-electron chi connectivity index (χ1n) is 3.23. The average Bonchev–Trinajstić information content (AvgIpc) is 1.90. The molecule has 0 spiro atoms. The molecule has 1 N–H and O–H groups in total. The molecule has 0 radical (unpaired) electrons. The van der Waals surface area contributed by atoms with Gasteiger partial charge in [0.05, 0.1) is 0 Å². The van der Waals surface area contributed by atoms with Crippen LogP contribution < -0.4 is 0 Å². The number of nitrogens with zero attached hydrogens (tertiary/aromatic N) is 1. The van der Waals surface area contributed by atoms with Crippen molar-refractivity contribution in [3.63, 3.8) is 0 Å². The minimum atomic E-state index is -0.486. The van der Waals surface area contributed by atoms with Crippen molar-refractivity contribution in [2.45, 2.75) is 26.0 Å². The summed E-state index contributed by atoms with van der Waals surface area (Å²) in [5.74, 6) is 0. The second kappa shape index (κ2) is 2.78. The largest absolute Gasteiger partial charge is 0.371 e. The van der Waals surface area contributed by atoms with Gasteiger partial charge in [-0.25, -0.2) is 0 Å². The molecule has 1 heterocycles. The van der Waals surface area contributed by atoms with Gasteiger partial charge >= 0.3 is 0 Å². The van der Waals surface area contributed by atoms with Crippen LogP contribution in [0.1, 0.15) is 19.8 Å². The predicted octanol–water partition coefficient (Wildman–Crippen LogP) is 1.12. The fourth-order valence-electron chi connectivity index (χ4n) is 0.788. The zero-order valence-electron chi connectivity index (χ0n) is 5.54. The van der Waals surface area contributed by atoms with Gasteiger partial charge in [0.1, 0.15) is 6.23 Å². The highest BCUT2D eigenvalue weighted by Gasteiger charge is 2.02. The molecule has 0 saturated carbocycles. The lowest BCUT2D eigenvalue weighted by atomic mass is 10.1. The van der Waals surface area contributed by atoms with E-state index in [0.29, 0.717) is 6.42 Å². The van der Waals surface area contributed by atoms with Crippen molar-refractivity contribution in [2.24, 2.45) is 4.99 Å². The Bertz CT molecular complexity index is 149. The van der Waals surface area contributed by atoms with Gasteiger partial charge in [-0.05, 0) is 12.0 Å². The molecule has 0 aromatic heterocycles. The summed E-state index contributed by atoms with van der Waals surface area (Å²) in [5.41, 5.74) is 1.22. The Kier molecular flexibility index (Phi) is 2.01. The van der Waals surface area contributed by atoms with Crippen molar-refractivity contribution in [2.75, 3.05) is 0 Å². The van der Waals surface area contributed by atoms with Gasteiger partial charge in [-0.3, -0.25) is 4.99 Å². The van der Waals surface area contributed by atoms with Crippen molar-refractivity contribution in [3.8, 4) is 0 Å². The van der Waals surface area contributed by atoms with Crippen molar-refractivity contribution in [1.82, 2.24) is 0 Å². The highest BCUT2D eigenvalue weighted by atomic mass is 16.3. The summed E-state index contributed by atoms with van der Waals surface area (Å²) < 4.78 is 0. The first-order valence-corrected chi connectivity index (χ1v) is 3.23. The van der Waals surface area contributed by atoms with Crippen LogP contribution in [0.3, 0.4) is 0 Å². The molecule has 0 aromatic carbocycles. The summed E-state index contributed by atoms with van der Waals surface area (Å²) in [7, 11) is 0. The molecule has 0 bridgehead atoms. The lowest BCUT2D eigenvalue weighted by molar-refractivity contribution is 0.187. The number of rotatable bonds is 1. The van der Waals surface area contributed by atoms with E-state index < -0.39 is 6.23 Å². The van der Waals surface area contributed by atoms with E-state index in [9.17, 15) is 0 Å². The zero-order chi connectivity index (χ0) is 6.69. The summed E-state index contributed by atoms with van der Waals surface area (Å²) in [5, 5.41) is 8.88. The second-order valence-electron chi connectivity index (χ2n) is 2.13. The van der Waals surface area contributed by atoms with Crippen LogP contribution in [0.5, 0.6) is 0 Å². The molecule has 2 heteroatoms. The molecular weight excluding hydrogens is 114 g/mol. The molecule has 0 aromatic rings. The highest BCUT2D eigenvalue weighted by molar-refractivity contribution is 5.79. The number of hydrogen-bond donors (Lipinski definition) is 1. The Morgan fingerprint density at radius 2 is 2.67 bits per heavy atom. The van der Waals surface area contributed by atoms with Crippen molar-refractivity contribution in [1.29, 1.82) is 0 Å². The van der Waals surface area contributed by atoms with Gasteiger partial charge in [0, 0.05) is 12.6 Å². The van der Waals surface area contributed by atoms with Crippen LogP contribution in [-0.2, 0) is 0 Å². The van der Waals surface area contributed by atoms with Crippen LogP contribution in [-0.4, -0.2) is 17.5 Å². The number of allylic oxidation sites excluding steroid dienone is 1. The first-order chi connectivity index (χ1) is 4.33. The summed E-state index contributed by atoms with van der Waals surface area (Å²) in [6.07, 6.45) is 4.97. The van der Waals surface area contributed by atoms with E-state index in [0.717, 1.165) is 6.42 Å². The molecule has 9 heavy (non-hydrogen) atoms. The minimum Gasteiger partial charge on any atom is -0.371 e. The van der Waals surface area contributed by atoms with E-state index in [1.165, 1.54) is 5.57 Å². The molecule has 1 atom stereocenters. The van der Waals surface area contributed by atoms with E-state index in [1.807, 2.05) is 6.08 Å². The van der Waals surface area contributed by atoms with Gasteiger partial charge in [0.15, 0.2) is 0 Å². The summed E-state index contributed by atoms with van der Waals surface area (Å²) in [6.45, 7) is 2.08. The first kappa shape index (κ1) is 6.49. The third kappa shape index (κ3) is 1.64. The quantitative estimate of drug-likeness (QED) is 0.559. The van der Waals surface area contributed by atoms with E-state index >= 15 is 0 Å². The standard InChI is InChI=1S/C7H11NO/c1-2-6-3-4-7(9)8-5-6/h3,5,7,9H,2,4H2,1H3. The Hall–Kier alpha value is -0.630. The van der Waals surface area contributed by atoms with Crippen LogP contribution >= 0.6 is 0 Å². The maximum atomic E-state index is 8.88. The third-order valence-corrected chi connectivity index (χ3v) is 1.41. The lowest BCUT2D eigenvalue weighted by Gasteiger charge is -2.07. The topological polar surface area (TPSA) is 32.6 Å². The van der Waals surface area contributed by atoms with Crippen LogP contribution in [0.4, 0.5) is 0 Å². The molecule has 1 rings (SSSR count). The number of aliphatic imine (C=N–C) groups is 1. The highest BCUT2D eigenvalue weighted by Crippen LogP contribution is 2.07. The lowest BCUT2D eigenvalue weighted by Crippen LogP contribution is -2.06. The zero-order valence-corrected chi connectivity index (χ0v) is 5.54. The van der Waals surface area contributed by atoms with E-state index in [1.54, 1.807) is 6.21 Å². The second-order valence-corrected chi connectivity index (χ2v) is 2.13. The van der Waals surface area contributed by atoms with Crippen LogP contribution in [0.2, 0.25) is 0 Å². The van der Waals surface area contributed by atoms with Gasteiger partial charge < -0.3 is 5.11 Å². The van der Waals surface area contributed by atoms with E-state index in [2.05, 4.69) is 11.9 Å². The van der Waals surface area contributed by atoms with E-state index in [-0.39, 0.29) is 0 Å². The monoisotopic (exact) mass is 125 g/mol. The number of hydrogen-bond acceptors (Lipinski definition) is 2. The maximum absolute atomic E-state index is 8.88.